The third kappa shape index (κ3) is 3.10. The topological polar surface area (TPSA) is 48.0 Å². The standard InChI is InChI=1S/C17H23NO4/c1-13-6-4-5-7-14(13)20-8-15(19)18-9-17(10-18)11-21-16(2,3)22-12-17/h4-7H,8-12H2,1-3H3. The molecule has 0 bridgehead atoms. The summed E-state index contributed by atoms with van der Waals surface area (Å²) in [6, 6.07) is 7.71. The Balaban J connectivity index is 1.47. The third-order valence-corrected chi connectivity index (χ3v) is 4.30. The van der Waals surface area contributed by atoms with Crippen LogP contribution in [0, 0.1) is 12.3 Å². The van der Waals surface area contributed by atoms with Crippen molar-refractivity contribution in [2.24, 2.45) is 5.41 Å². The van der Waals surface area contributed by atoms with Crippen LogP contribution >= 0.6 is 0 Å². The van der Waals surface area contributed by atoms with E-state index in [-0.39, 0.29) is 17.9 Å². The SMILES string of the molecule is Cc1ccccc1OCC(=O)N1CC2(COC(C)(C)OC2)C1. The lowest BCUT2D eigenvalue weighted by Crippen LogP contribution is -2.66. The minimum Gasteiger partial charge on any atom is -0.484 e. The second-order valence-corrected chi connectivity index (χ2v) is 6.78. The molecule has 5 heteroatoms. The first-order chi connectivity index (χ1) is 10.4. The summed E-state index contributed by atoms with van der Waals surface area (Å²) in [4.78, 5) is 14.0. The van der Waals surface area contributed by atoms with E-state index in [0.717, 1.165) is 11.3 Å². The van der Waals surface area contributed by atoms with E-state index in [0.29, 0.717) is 26.3 Å². The van der Waals surface area contributed by atoms with Gasteiger partial charge in [-0.3, -0.25) is 4.79 Å². The summed E-state index contributed by atoms with van der Waals surface area (Å²) in [5.41, 5.74) is 1.00. The zero-order valence-electron chi connectivity index (χ0n) is 13.4. The summed E-state index contributed by atoms with van der Waals surface area (Å²) in [5, 5.41) is 0. The van der Waals surface area contributed by atoms with Gasteiger partial charge in [-0.25, -0.2) is 0 Å². The summed E-state index contributed by atoms with van der Waals surface area (Å²) in [5.74, 6) is 0.264. The van der Waals surface area contributed by atoms with Gasteiger partial charge in [0.15, 0.2) is 12.4 Å². The number of benzene rings is 1. The molecular weight excluding hydrogens is 282 g/mol. The van der Waals surface area contributed by atoms with E-state index in [4.69, 9.17) is 14.2 Å². The fraction of sp³-hybridized carbons (Fsp3) is 0.588. The van der Waals surface area contributed by atoms with Crippen LogP contribution in [-0.4, -0.2) is 49.5 Å². The van der Waals surface area contributed by atoms with E-state index in [2.05, 4.69) is 0 Å². The normalized spacial score (nSPS) is 22.2. The lowest BCUT2D eigenvalue weighted by atomic mass is 9.80. The Morgan fingerprint density at radius 2 is 1.86 bits per heavy atom. The summed E-state index contributed by atoms with van der Waals surface area (Å²) < 4.78 is 17.0. The lowest BCUT2D eigenvalue weighted by Gasteiger charge is -2.53. The highest BCUT2D eigenvalue weighted by Crippen LogP contribution is 2.37. The maximum absolute atomic E-state index is 12.2. The van der Waals surface area contributed by atoms with Crippen molar-refractivity contribution in [3.63, 3.8) is 0 Å². The number of nitrogens with zero attached hydrogens (tertiary/aromatic N) is 1. The van der Waals surface area contributed by atoms with Gasteiger partial charge in [0.2, 0.25) is 0 Å². The number of carbonyl (C=O) groups excluding carboxylic acids is 1. The van der Waals surface area contributed by atoms with Gasteiger partial charge < -0.3 is 19.1 Å². The number of hydrogen-bond acceptors (Lipinski definition) is 4. The second kappa shape index (κ2) is 5.56. The molecule has 0 aliphatic carbocycles. The van der Waals surface area contributed by atoms with Crippen molar-refractivity contribution >= 4 is 5.91 Å². The van der Waals surface area contributed by atoms with Gasteiger partial charge in [0.25, 0.3) is 5.91 Å². The molecule has 0 saturated carbocycles. The zero-order chi connectivity index (χ0) is 15.8. The molecule has 0 N–H and O–H groups in total. The van der Waals surface area contributed by atoms with Crippen LogP contribution in [-0.2, 0) is 14.3 Å². The molecule has 22 heavy (non-hydrogen) atoms. The third-order valence-electron chi connectivity index (χ3n) is 4.30. The first-order valence-corrected chi connectivity index (χ1v) is 7.63. The fourth-order valence-corrected chi connectivity index (χ4v) is 2.81. The monoisotopic (exact) mass is 305 g/mol. The largest absolute Gasteiger partial charge is 0.484 e. The van der Waals surface area contributed by atoms with Gasteiger partial charge in [-0.1, -0.05) is 18.2 Å². The van der Waals surface area contributed by atoms with E-state index in [1.165, 1.54) is 0 Å². The number of hydrogen-bond donors (Lipinski definition) is 0. The predicted molar refractivity (Wildman–Crippen MR) is 81.7 cm³/mol. The van der Waals surface area contributed by atoms with Gasteiger partial charge in [0.05, 0.1) is 18.6 Å². The van der Waals surface area contributed by atoms with Gasteiger partial charge in [-0.2, -0.15) is 0 Å². The second-order valence-electron chi connectivity index (χ2n) is 6.78. The Bertz CT molecular complexity index is 552. The molecule has 5 nitrogen and oxygen atoms in total. The Labute approximate surface area is 131 Å². The van der Waals surface area contributed by atoms with Crippen LogP contribution in [0.3, 0.4) is 0 Å². The molecule has 2 saturated heterocycles. The zero-order valence-corrected chi connectivity index (χ0v) is 13.4. The van der Waals surface area contributed by atoms with Gasteiger partial charge in [0.1, 0.15) is 5.75 Å². The van der Waals surface area contributed by atoms with Crippen LogP contribution in [0.2, 0.25) is 0 Å². The van der Waals surface area contributed by atoms with Crippen LogP contribution in [0.1, 0.15) is 19.4 Å². The first kappa shape index (κ1) is 15.3. The maximum Gasteiger partial charge on any atom is 0.260 e. The van der Waals surface area contributed by atoms with Crippen molar-refractivity contribution in [2.45, 2.75) is 26.6 Å². The van der Waals surface area contributed by atoms with E-state index < -0.39 is 5.79 Å². The molecule has 2 heterocycles. The number of rotatable bonds is 3. The molecular formula is C17H23NO4. The van der Waals surface area contributed by atoms with E-state index >= 15 is 0 Å². The van der Waals surface area contributed by atoms with Gasteiger partial charge in [-0.05, 0) is 32.4 Å². The molecule has 3 rings (SSSR count). The molecule has 1 spiro atoms. The molecule has 2 aliphatic heterocycles. The fourth-order valence-electron chi connectivity index (χ4n) is 2.81. The molecule has 2 fully saturated rings. The number of carbonyl (C=O) groups is 1. The van der Waals surface area contributed by atoms with Crippen LogP contribution in [0.5, 0.6) is 5.75 Å². The average Bonchev–Trinajstić information content (AvgIpc) is 2.44. The Hall–Kier alpha value is -1.59. The number of para-hydroxylation sites is 1. The van der Waals surface area contributed by atoms with Gasteiger partial charge in [-0.15, -0.1) is 0 Å². The number of likely N-dealkylation sites (tertiary alicyclic amines) is 1. The lowest BCUT2D eigenvalue weighted by molar-refractivity contribution is -0.303. The van der Waals surface area contributed by atoms with Crippen LogP contribution in [0.4, 0.5) is 0 Å². The summed E-state index contributed by atoms with van der Waals surface area (Å²) in [6.45, 7) is 8.52. The first-order valence-electron chi connectivity index (χ1n) is 7.63. The molecule has 0 radical (unpaired) electrons. The van der Waals surface area contributed by atoms with Crippen molar-refractivity contribution in [3.05, 3.63) is 29.8 Å². The highest BCUT2D eigenvalue weighted by molar-refractivity contribution is 5.78. The van der Waals surface area contributed by atoms with E-state index in [9.17, 15) is 4.79 Å². The van der Waals surface area contributed by atoms with Gasteiger partial charge in [0, 0.05) is 13.1 Å². The average molecular weight is 305 g/mol. The van der Waals surface area contributed by atoms with Crippen LogP contribution in [0.15, 0.2) is 24.3 Å². The van der Waals surface area contributed by atoms with Crippen molar-refractivity contribution in [1.29, 1.82) is 0 Å². The molecule has 0 aromatic heterocycles. The van der Waals surface area contributed by atoms with Gasteiger partial charge >= 0.3 is 0 Å². The molecule has 1 aromatic rings. The van der Waals surface area contributed by atoms with Crippen LogP contribution in [0.25, 0.3) is 0 Å². The Kier molecular flexibility index (Phi) is 3.87. The minimum absolute atomic E-state index is 0.0127. The highest BCUT2D eigenvalue weighted by Gasteiger charge is 2.50. The van der Waals surface area contributed by atoms with Crippen LogP contribution < -0.4 is 4.74 Å². The number of aryl methyl sites for hydroxylation is 1. The molecule has 0 unspecified atom stereocenters. The molecule has 2 aliphatic rings. The van der Waals surface area contributed by atoms with Crippen molar-refractivity contribution in [1.82, 2.24) is 4.90 Å². The maximum atomic E-state index is 12.2. The summed E-state index contributed by atoms with van der Waals surface area (Å²) in [7, 11) is 0. The van der Waals surface area contributed by atoms with E-state index in [1.54, 1.807) is 0 Å². The van der Waals surface area contributed by atoms with E-state index in [1.807, 2.05) is 49.9 Å². The quantitative estimate of drug-likeness (QED) is 0.857. The Morgan fingerprint density at radius 1 is 1.23 bits per heavy atom. The van der Waals surface area contributed by atoms with Crippen molar-refractivity contribution in [3.8, 4) is 5.75 Å². The van der Waals surface area contributed by atoms with Crippen molar-refractivity contribution in [2.75, 3.05) is 32.9 Å². The molecule has 120 valence electrons. The summed E-state index contributed by atoms with van der Waals surface area (Å²) in [6.07, 6.45) is 0. The molecule has 0 atom stereocenters. The molecule has 1 amide bonds. The number of ether oxygens (including phenoxy) is 3. The predicted octanol–water partition coefficient (Wildman–Crippen LogP) is 1.99. The molecule has 1 aromatic carbocycles. The summed E-state index contributed by atoms with van der Waals surface area (Å²) >= 11 is 0. The minimum atomic E-state index is -0.510. The highest BCUT2D eigenvalue weighted by atomic mass is 16.7. The Morgan fingerprint density at radius 3 is 2.50 bits per heavy atom. The number of amides is 1. The smallest absolute Gasteiger partial charge is 0.260 e. The van der Waals surface area contributed by atoms with Crippen molar-refractivity contribution < 1.29 is 19.0 Å².